The minimum absolute atomic E-state index is 0.0586. The van der Waals surface area contributed by atoms with Crippen LogP contribution in [0.4, 0.5) is 5.82 Å². The summed E-state index contributed by atoms with van der Waals surface area (Å²) < 4.78 is 1.58. The van der Waals surface area contributed by atoms with Crippen molar-refractivity contribution < 1.29 is 4.79 Å². The van der Waals surface area contributed by atoms with Crippen molar-refractivity contribution in [2.75, 3.05) is 51.2 Å². The first-order chi connectivity index (χ1) is 13.2. The van der Waals surface area contributed by atoms with Crippen molar-refractivity contribution in [3.05, 3.63) is 24.8 Å². The van der Waals surface area contributed by atoms with Crippen LogP contribution in [0.1, 0.15) is 12.8 Å². The second-order valence-corrected chi connectivity index (χ2v) is 7.12. The summed E-state index contributed by atoms with van der Waals surface area (Å²) in [6.07, 6.45) is 4.71. The number of nitrogens with zero attached hydrogens (tertiary/aromatic N) is 8. The Bertz CT molecular complexity index is 732. The van der Waals surface area contributed by atoms with E-state index >= 15 is 0 Å². The smallest absolute Gasteiger partial charge is 0.237 e. The lowest BCUT2D eigenvalue weighted by Crippen LogP contribution is -2.54. The highest BCUT2D eigenvalue weighted by Crippen LogP contribution is 2.22. The molecule has 0 aliphatic carbocycles. The zero-order chi connectivity index (χ0) is 18.6. The van der Waals surface area contributed by atoms with Crippen molar-refractivity contribution in [1.82, 2.24) is 40.3 Å². The molecule has 2 aliphatic heterocycles. The van der Waals surface area contributed by atoms with Gasteiger partial charge in [0.15, 0.2) is 11.6 Å². The van der Waals surface area contributed by atoms with Gasteiger partial charge >= 0.3 is 0 Å². The van der Waals surface area contributed by atoms with Gasteiger partial charge in [-0.25, -0.2) is 14.7 Å². The molecule has 1 N–H and O–H groups in total. The number of piperazine rings is 1. The van der Waals surface area contributed by atoms with Gasteiger partial charge < -0.3 is 9.80 Å². The molecule has 2 aliphatic rings. The second kappa shape index (κ2) is 7.97. The van der Waals surface area contributed by atoms with Crippen LogP contribution in [-0.4, -0.2) is 87.1 Å². The molecule has 1 amide bonds. The third kappa shape index (κ3) is 4.22. The number of amides is 1. The molecule has 0 spiro atoms. The van der Waals surface area contributed by atoms with E-state index in [0.717, 1.165) is 57.9 Å². The van der Waals surface area contributed by atoms with Gasteiger partial charge in [-0.1, -0.05) is 0 Å². The van der Waals surface area contributed by atoms with Gasteiger partial charge in [0.25, 0.3) is 0 Å². The number of piperidine rings is 1. The third-order valence-corrected chi connectivity index (χ3v) is 5.25. The zero-order valence-corrected chi connectivity index (χ0v) is 15.5. The second-order valence-electron chi connectivity index (χ2n) is 7.12. The van der Waals surface area contributed by atoms with Crippen molar-refractivity contribution >= 4 is 11.7 Å². The maximum Gasteiger partial charge on any atom is 0.237 e. The predicted octanol–water partition coefficient (Wildman–Crippen LogP) is -0.448. The molecule has 0 aromatic carbocycles. The largest absolute Gasteiger partial charge is 0.355 e. The number of hydrogen-bond acceptors (Lipinski definition) is 8. The molecule has 2 saturated heterocycles. The van der Waals surface area contributed by atoms with Crippen molar-refractivity contribution in [2.45, 2.75) is 12.8 Å². The summed E-state index contributed by atoms with van der Waals surface area (Å²) in [5.41, 5.74) is 3.09. The third-order valence-electron chi connectivity index (χ3n) is 5.25. The Morgan fingerprint density at radius 3 is 2.37 bits per heavy atom. The molecular weight excluding hydrogens is 346 g/mol. The van der Waals surface area contributed by atoms with Crippen LogP contribution < -0.4 is 10.3 Å². The van der Waals surface area contributed by atoms with Crippen LogP contribution in [0.3, 0.4) is 0 Å². The summed E-state index contributed by atoms with van der Waals surface area (Å²) in [5, 5.41) is 14.6. The highest BCUT2D eigenvalue weighted by atomic mass is 16.2. The Kier molecular flexibility index (Phi) is 5.26. The molecule has 0 saturated carbocycles. The van der Waals surface area contributed by atoms with Gasteiger partial charge in [-0.15, -0.1) is 10.2 Å². The van der Waals surface area contributed by atoms with E-state index in [4.69, 9.17) is 0 Å². The summed E-state index contributed by atoms with van der Waals surface area (Å²) in [6, 6.07) is 3.82. The quantitative estimate of drug-likeness (QED) is 0.772. The topological polar surface area (TPSA) is 95.3 Å². The fraction of sp³-hybridized carbons (Fsp3) is 0.588. The summed E-state index contributed by atoms with van der Waals surface area (Å²) in [4.78, 5) is 20.9. The molecule has 10 nitrogen and oxygen atoms in total. The fourth-order valence-corrected chi connectivity index (χ4v) is 3.47. The first-order valence-electron chi connectivity index (χ1n) is 9.37. The van der Waals surface area contributed by atoms with Gasteiger partial charge in [-0.05, 0) is 32.0 Å². The van der Waals surface area contributed by atoms with E-state index in [0.29, 0.717) is 5.82 Å². The molecular formula is C17H25N9O. The molecule has 10 heteroatoms. The van der Waals surface area contributed by atoms with Gasteiger partial charge in [-0.2, -0.15) is 5.10 Å². The van der Waals surface area contributed by atoms with E-state index < -0.39 is 0 Å². The number of rotatable bonds is 4. The van der Waals surface area contributed by atoms with Crippen molar-refractivity contribution in [2.24, 2.45) is 5.92 Å². The SMILES string of the molecule is CN1CCN(NC(=O)C2CCN(c3ccc(-n4cncn4)nn3)CC2)CC1. The molecule has 4 heterocycles. The molecule has 0 atom stereocenters. The predicted molar refractivity (Wildman–Crippen MR) is 99.1 cm³/mol. The Morgan fingerprint density at radius 1 is 1.04 bits per heavy atom. The minimum Gasteiger partial charge on any atom is -0.355 e. The van der Waals surface area contributed by atoms with E-state index in [9.17, 15) is 4.79 Å². The van der Waals surface area contributed by atoms with Gasteiger partial charge in [0.05, 0.1) is 0 Å². The molecule has 0 bridgehead atoms. The number of hydrogen-bond donors (Lipinski definition) is 1. The molecule has 144 valence electrons. The number of likely N-dealkylation sites (N-methyl/N-ethyl adjacent to an activating group) is 1. The monoisotopic (exact) mass is 371 g/mol. The summed E-state index contributed by atoms with van der Waals surface area (Å²) in [5.74, 6) is 1.67. The summed E-state index contributed by atoms with van der Waals surface area (Å²) in [7, 11) is 2.11. The average molecular weight is 371 g/mol. The Morgan fingerprint density at radius 2 is 1.74 bits per heavy atom. The molecule has 2 aromatic rings. The number of aromatic nitrogens is 5. The summed E-state index contributed by atoms with van der Waals surface area (Å²) >= 11 is 0. The van der Waals surface area contributed by atoms with Gasteiger partial charge in [0.1, 0.15) is 12.7 Å². The van der Waals surface area contributed by atoms with E-state index in [1.54, 1.807) is 11.0 Å². The lowest BCUT2D eigenvalue weighted by Gasteiger charge is -2.35. The highest BCUT2D eigenvalue weighted by molar-refractivity contribution is 5.78. The number of nitrogens with one attached hydrogen (secondary N) is 1. The summed E-state index contributed by atoms with van der Waals surface area (Å²) in [6.45, 7) is 5.35. The molecule has 0 unspecified atom stereocenters. The molecule has 4 rings (SSSR count). The van der Waals surface area contributed by atoms with Gasteiger partial charge in [-0.3, -0.25) is 10.2 Å². The van der Waals surface area contributed by atoms with Crippen LogP contribution in [0.2, 0.25) is 0 Å². The number of carbonyl (C=O) groups excluding carboxylic acids is 1. The van der Waals surface area contributed by atoms with Gasteiger partial charge in [0, 0.05) is 45.2 Å². The maximum atomic E-state index is 12.5. The Balaban J connectivity index is 1.28. The van der Waals surface area contributed by atoms with Crippen LogP contribution >= 0.6 is 0 Å². The van der Waals surface area contributed by atoms with Crippen LogP contribution in [-0.2, 0) is 4.79 Å². The number of hydrazine groups is 1. The normalized spacial score (nSPS) is 20.0. The average Bonchev–Trinajstić information content (AvgIpc) is 3.25. The Labute approximate surface area is 158 Å². The standard InChI is InChI=1S/C17H25N9O/c1-23-8-10-25(11-9-23)22-17(27)14-4-6-24(7-5-14)15-2-3-16(21-20-15)26-13-18-12-19-26/h2-3,12-14H,4-11H2,1H3,(H,22,27). The minimum atomic E-state index is 0.0586. The number of anilines is 1. The van der Waals surface area contributed by atoms with E-state index in [1.165, 1.54) is 6.33 Å². The van der Waals surface area contributed by atoms with E-state index in [1.807, 2.05) is 17.1 Å². The molecule has 2 aromatic heterocycles. The van der Waals surface area contributed by atoms with Gasteiger partial charge in [0.2, 0.25) is 5.91 Å². The van der Waals surface area contributed by atoms with Crippen molar-refractivity contribution in [3.8, 4) is 5.82 Å². The van der Waals surface area contributed by atoms with Crippen molar-refractivity contribution in [1.29, 1.82) is 0 Å². The maximum absolute atomic E-state index is 12.5. The van der Waals surface area contributed by atoms with E-state index in [2.05, 4.69) is 42.6 Å². The fourth-order valence-electron chi connectivity index (χ4n) is 3.47. The van der Waals surface area contributed by atoms with Crippen LogP contribution in [0.15, 0.2) is 24.8 Å². The van der Waals surface area contributed by atoms with Crippen LogP contribution in [0, 0.1) is 5.92 Å². The first-order valence-corrected chi connectivity index (χ1v) is 9.37. The first kappa shape index (κ1) is 17.8. The highest BCUT2D eigenvalue weighted by Gasteiger charge is 2.27. The van der Waals surface area contributed by atoms with Crippen LogP contribution in [0.25, 0.3) is 5.82 Å². The zero-order valence-electron chi connectivity index (χ0n) is 15.5. The number of carbonyl (C=O) groups is 1. The lowest BCUT2D eigenvalue weighted by molar-refractivity contribution is -0.131. The van der Waals surface area contributed by atoms with Crippen LogP contribution in [0.5, 0.6) is 0 Å². The molecule has 0 radical (unpaired) electrons. The molecule has 2 fully saturated rings. The van der Waals surface area contributed by atoms with Crippen molar-refractivity contribution in [3.63, 3.8) is 0 Å². The lowest BCUT2D eigenvalue weighted by atomic mass is 9.96. The Hall–Kier alpha value is -2.59. The van der Waals surface area contributed by atoms with E-state index in [-0.39, 0.29) is 11.8 Å². The molecule has 27 heavy (non-hydrogen) atoms.